The highest BCUT2D eigenvalue weighted by atomic mass is 32.2. The third kappa shape index (κ3) is 3.72. The zero-order valence-electron chi connectivity index (χ0n) is 17.8. The standard InChI is InChI=1S/C26H28N2O2S/c1-19(20-10-3-2-4-11-20)28-24-16-8-6-13-22(24)18-26(28)27-31(29,30)25-17-9-14-21-12-5-7-15-23(21)25/h5-9,12-20,27H,2-4,10-11H2,1H3. The van der Waals surface area contributed by atoms with Gasteiger partial charge in [-0.25, -0.2) is 8.42 Å². The summed E-state index contributed by atoms with van der Waals surface area (Å²) in [6.07, 6.45) is 6.21. The summed E-state index contributed by atoms with van der Waals surface area (Å²) in [7, 11) is -3.75. The fourth-order valence-electron chi connectivity index (χ4n) is 5.14. The zero-order valence-corrected chi connectivity index (χ0v) is 18.6. The summed E-state index contributed by atoms with van der Waals surface area (Å²) in [6, 6.07) is 23.4. The van der Waals surface area contributed by atoms with E-state index in [1.54, 1.807) is 12.1 Å². The van der Waals surface area contributed by atoms with Crippen LogP contribution in [0.4, 0.5) is 5.82 Å². The van der Waals surface area contributed by atoms with E-state index in [4.69, 9.17) is 0 Å². The Kier molecular flexibility index (Phi) is 5.22. The first-order valence-electron chi connectivity index (χ1n) is 11.2. The van der Waals surface area contributed by atoms with Crippen molar-refractivity contribution in [1.29, 1.82) is 0 Å². The van der Waals surface area contributed by atoms with Gasteiger partial charge in [0.05, 0.1) is 4.90 Å². The summed E-state index contributed by atoms with van der Waals surface area (Å²) in [4.78, 5) is 0.313. The normalized spacial score (nSPS) is 16.5. The molecule has 0 saturated heterocycles. The Morgan fingerprint density at radius 1 is 0.871 bits per heavy atom. The first-order valence-corrected chi connectivity index (χ1v) is 12.6. The SMILES string of the molecule is CC(C1CCCCC1)n1c(NS(=O)(=O)c2cccc3ccccc23)cc2ccccc21. The van der Waals surface area contributed by atoms with E-state index < -0.39 is 10.0 Å². The van der Waals surface area contributed by atoms with E-state index in [1.807, 2.05) is 48.5 Å². The number of benzene rings is 3. The summed E-state index contributed by atoms with van der Waals surface area (Å²) >= 11 is 0. The van der Waals surface area contributed by atoms with Crippen molar-refractivity contribution >= 4 is 37.5 Å². The van der Waals surface area contributed by atoms with Gasteiger partial charge in [-0.15, -0.1) is 0 Å². The van der Waals surface area contributed by atoms with Crippen LogP contribution in [0.1, 0.15) is 45.1 Å². The average molecular weight is 433 g/mol. The molecule has 1 aliphatic rings. The minimum Gasteiger partial charge on any atom is -0.324 e. The van der Waals surface area contributed by atoms with E-state index in [-0.39, 0.29) is 6.04 Å². The minimum absolute atomic E-state index is 0.227. The van der Waals surface area contributed by atoms with Crippen LogP contribution in [0, 0.1) is 5.92 Å². The van der Waals surface area contributed by atoms with Gasteiger partial charge in [-0.05, 0) is 49.3 Å². The molecule has 0 spiro atoms. The number of nitrogens with one attached hydrogen (secondary N) is 1. The summed E-state index contributed by atoms with van der Waals surface area (Å²) in [5, 5.41) is 2.71. The van der Waals surface area contributed by atoms with E-state index >= 15 is 0 Å². The highest BCUT2D eigenvalue weighted by molar-refractivity contribution is 7.93. The fraction of sp³-hybridized carbons (Fsp3) is 0.308. The highest BCUT2D eigenvalue weighted by Gasteiger charge is 2.26. The summed E-state index contributed by atoms with van der Waals surface area (Å²) in [5.74, 6) is 1.21. The minimum atomic E-state index is -3.75. The second-order valence-corrected chi connectivity index (χ2v) is 10.3. The Morgan fingerprint density at radius 2 is 1.55 bits per heavy atom. The molecule has 4 aromatic rings. The first kappa shape index (κ1) is 20.1. The average Bonchev–Trinajstić information content (AvgIpc) is 3.15. The molecule has 1 heterocycles. The van der Waals surface area contributed by atoms with Crippen LogP contribution < -0.4 is 4.72 Å². The molecule has 3 aromatic carbocycles. The van der Waals surface area contributed by atoms with Gasteiger partial charge in [0.2, 0.25) is 0 Å². The zero-order chi connectivity index (χ0) is 21.4. The maximum atomic E-state index is 13.5. The van der Waals surface area contributed by atoms with Gasteiger partial charge in [0.25, 0.3) is 10.0 Å². The van der Waals surface area contributed by atoms with Crippen molar-refractivity contribution in [2.75, 3.05) is 4.72 Å². The lowest BCUT2D eigenvalue weighted by Gasteiger charge is -2.30. The molecule has 5 heteroatoms. The van der Waals surface area contributed by atoms with E-state index in [0.717, 1.165) is 21.7 Å². The van der Waals surface area contributed by atoms with Crippen LogP contribution in [-0.2, 0) is 10.0 Å². The molecular weight excluding hydrogens is 404 g/mol. The molecule has 160 valence electrons. The Bertz CT molecular complexity index is 1330. The van der Waals surface area contributed by atoms with Gasteiger partial charge in [0.15, 0.2) is 0 Å². The van der Waals surface area contributed by atoms with Crippen LogP contribution in [0.5, 0.6) is 0 Å². The molecule has 0 aliphatic heterocycles. The van der Waals surface area contributed by atoms with Gasteiger partial charge in [-0.2, -0.15) is 0 Å². The molecule has 1 aliphatic carbocycles. The number of hydrogen-bond donors (Lipinski definition) is 1. The molecule has 0 radical (unpaired) electrons. The predicted molar refractivity (Wildman–Crippen MR) is 128 cm³/mol. The van der Waals surface area contributed by atoms with Crippen LogP contribution in [0.3, 0.4) is 0 Å². The van der Waals surface area contributed by atoms with Crippen LogP contribution >= 0.6 is 0 Å². The van der Waals surface area contributed by atoms with E-state index in [2.05, 4.69) is 28.3 Å². The van der Waals surface area contributed by atoms with Crippen molar-refractivity contribution in [3.05, 3.63) is 72.8 Å². The first-order chi connectivity index (χ1) is 15.0. The van der Waals surface area contributed by atoms with Crippen LogP contribution in [0.25, 0.3) is 21.7 Å². The molecule has 1 fully saturated rings. The maximum absolute atomic E-state index is 13.5. The maximum Gasteiger partial charge on any atom is 0.263 e. The van der Waals surface area contributed by atoms with Gasteiger partial charge < -0.3 is 4.57 Å². The van der Waals surface area contributed by atoms with Crippen LogP contribution in [0.15, 0.2) is 77.7 Å². The summed E-state index contributed by atoms with van der Waals surface area (Å²) in [5.41, 5.74) is 1.08. The van der Waals surface area contributed by atoms with Crippen molar-refractivity contribution in [2.45, 2.75) is 50.0 Å². The van der Waals surface area contributed by atoms with Crippen molar-refractivity contribution < 1.29 is 8.42 Å². The topological polar surface area (TPSA) is 51.1 Å². The monoisotopic (exact) mass is 432 g/mol. The number of para-hydroxylation sites is 1. The van der Waals surface area contributed by atoms with E-state index in [1.165, 1.54) is 32.1 Å². The summed E-state index contributed by atoms with van der Waals surface area (Å²) < 4.78 is 32.2. The van der Waals surface area contributed by atoms with Gasteiger partial charge >= 0.3 is 0 Å². The van der Waals surface area contributed by atoms with E-state index in [0.29, 0.717) is 16.6 Å². The molecule has 1 atom stereocenters. The smallest absolute Gasteiger partial charge is 0.263 e. The molecule has 0 amide bonds. The lowest BCUT2D eigenvalue weighted by molar-refractivity contribution is 0.270. The molecule has 5 rings (SSSR count). The number of anilines is 1. The quantitative estimate of drug-likeness (QED) is 0.380. The van der Waals surface area contributed by atoms with Crippen molar-refractivity contribution in [3.63, 3.8) is 0 Å². The molecule has 4 nitrogen and oxygen atoms in total. The van der Waals surface area contributed by atoms with Crippen LogP contribution in [-0.4, -0.2) is 13.0 Å². The lowest BCUT2D eigenvalue weighted by atomic mass is 9.84. The van der Waals surface area contributed by atoms with Gasteiger partial charge in [0.1, 0.15) is 5.82 Å². The fourth-order valence-corrected chi connectivity index (χ4v) is 6.42. The van der Waals surface area contributed by atoms with E-state index in [9.17, 15) is 8.42 Å². The Hall–Kier alpha value is -2.79. The Morgan fingerprint density at radius 3 is 2.35 bits per heavy atom. The lowest BCUT2D eigenvalue weighted by Crippen LogP contribution is -2.22. The van der Waals surface area contributed by atoms with Crippen molar-refractivity contribution in [1.82, 2.24) is 4.57 Å². The molecule has 1 saturated carbocycles. The highest BCUT2D eigenvalue weighted by Crippen LogP contribution is 2.38. The van der Waals surface area contributed by atoms with Gasteiger partial charge in [-0.3, -0.25) is 4.72 Å². The predicted octanol–water partition coefficient (Wildman–Crippen LogP) is 6.74. The van der Waals surface area contributed by atoms with Crippen LogP contribution in [0.2, 0.25) is 0 Å². The third-order valence-corrected chi connectivity index (χ3v) is 8.18. The molecule has 1 unspecified atom stereocenters. The number of fused-ring (bicyclic) bond motifs is 2. The molecular formula is C26H28N2O2S. The Labute approximate surface area is 183 Å². The van der Waals surface area contributed by atoms with Gasteiger partial charge in [0, 0.05) is 22.3 Å². The molecule has 1 N–H and O–H groups in total. The molecule has 1 aromatic heterocycles. The third-order valence-electron chi connectivity index (χ3n) is 6.77. The largest absolute Gasteiger partial charge is 0.324 e. The number of aromatic nitrogens is 1. The molecule has 31 heavy (non-hydrogen) atoms. The number of nitrogens with zero attached hydrogens (tertiary/aromatic N) is 1. The van der Waals surface area contributed by atoms with Gasteiger partial charge in [-0.1, -0.05) is 73.9 Å². The summed E-state index contributed by atoms with van der Waals surface area (Å²) in [6.45, 7) is 2.23. The Balaban J connectivity index is 1.60. The second-order valence-electron chi connectivity index (χ2n) is 8.68. The number of sulfonamides is 1. The molecule has 0 bridgehead atoms. The van der Waals surface area contributed by atoms with Crippen molar-refractivity contribution in [3.8, 4) is 0 Å². The number of hydrogen-bond acceptors (Lipinski definition) is 2. The van der Waals surface area contributed by atoms with Crippen molar-refractivity contribution in [2.24, 2.45) is 5.92 Å². The second kappa shape index (κ2) is 8.04. The number of rotatable bonds is 5.